The van der Waals surface area contributed by atoms with Crippen molar-refractivity contribution < 1.29 is 38.0 Å². The number of nitrogens with one attached hydrogen (secondary N) is 1. The van der Waals surface area contributed by atoms with Gasteiger partial charge in [0.2, 0.25) is 0 Å². The average Bonchev–Trinajstić information content (AvgIpc) is 3.87. The Balaban J connectivity index is 1.25. The van der Waals surface area contributed by atoms with Crippen LogP contribution in [-0.4, -0.2) is 58.0 Å². The first-order valence-corrected chi connectivity index (χ1v) is 14.7. The first-order chi connectivity index (χ1) is 21.5. The van der Waals surface area contributed by atoms with Gasteiger partial charge in [0.15, 0.2) is 0 Å². The fourth-order valence-corrected chi connectivity index (χ4v) is 5.02. The maximum atomic E-state index is 13.3. The molecule has 1 aliphatic rings. The van der Waals surface area contributed by atoms with E-state index in [0.29, 0.717) is 56.5 Å². The molecule has 232 valence electrons. The molecule has 5 rings (SSSR count). The van der Waals surface area contributed by atoms with Gasteiger partial charge in [0.1, 0.15) is 30.3 Å². The van der Waals surface area contributed by atoms with E-state index in [2.05, 4.69) is 5.32 Å². The molecule has 0 radical (unpaired) electrons. The number of fused-ring (bicyclic) bond motifs is 1. The molecule has 10 nitrogen and oxygen atoms in total. The Kier molecular flexibility index (Phi) is 10.9. The second kappa shape index (κ2) is 15.4. The van der Waals surface area contributed by atoms with Crippen molar-refractivity contribution in [1.82, 2.24) is 0 Å². The number of ether oxygens (including phenoxy) is 5. The number of benzene rings is 3. The Morgan fingerprint density at radius 2 is 1.68 bits per heavy atom. The summed E-state index contributed by atoms with van der Waals surface area (Å²) in [6.45, 7) is 2.77. The summed E-state index contributed by atoms with van der Waals surface area (Å²) in [5.74, 6) is 0.139. The Hall–Kier alpha value is -4.38. The third-order valence-corrected chi connectivity index (χ3v) is 7.30. The van der Waals surface area contributed by atoms with Crippen molar-refractivity contribution in [3.8, 4) is 11.5 Å². The molecule has 4 aromatic rings. The molecule has 0 saturated heterocycles. The molecular formula is C34H37NO9. The molecule has 3 aromatic carbocycles. The van der Waals surface area contributed by atoms with Crippen LogP contribution in [0.25, 0.3) is 11.0 Å². The van der Waals surface area contributed by atoms with Crippen LogP contribution in [0.5, 0.6) is 11.5 Å². The number of hydrogen-bond donors (Lipinski definition) is 2. The molecule has 1 fully saturated rings. The summed E-state index contributed by atoms with van der Waals surface area (Å²) in [4.78, 5) is 25.8. The molecule has 44 heavy (non-hydrogen) atoms. The van der Waals surface area contributed by atoms with Crippen molar-refractivity contribution >= 4 is 22.7 Å². The molecule has 1 heterocycles. The van der Waals surface area contributed by atoms with Crippen molar-refractivity contribution in [3.05, 3.63) is 99.9 Å². The Bertz CT molecular complexity index is 1580. The summed E-state index contributed by atoms with van der Waals surface area (Å²) < 4.78 is 32.6. The predicted octanol–water partition coefficient (Wildman–Crippen LogP) is 5.85. The first-order valence-electron chi connectivity index (χ1n) is 14.7. The number of amides is 1. The van der Waals surface area contributed by atoms with Crippen molar-refractivity contribution in [3.63, 3.8) is 0 Å². The third-order valence-electron chi connectivity index (χ3n) is 7.30. The Labute approximate surface area is 255 Å². The molecule has 1 saturated carbocycles. The molecule has 1 amide bonds. The fourth-order valence-electron chi connectivity index (χ4n) is 5.02. The summed E-state index contributed by atoms with van der Waals surface area (Å²) in [5.41, 5.74) is 2.03. The molecule has 0 bridgehead atoms. The lowest BCUT2D eigenvalue weighted by Gasteiger charge is -2.19. The van der Waals surface area contributed by atoms with Gasteiger partial charge in [-0.15, -0.1) is 0 Å². The summed E-state index contributed by atoms with van der Waals surface area (Å²) >= 11 is 0. The maximum Gasteiger partial charge on any atom is 0.411 e. The highest BCUT2D eigenvalue weighted by molar-refractivity contribution is 5.86. The van der Waals surface area contributed by atoms with Crippen LogP contribution >= 0.6 is 0 Å². The van der Waals surface area contributed by atoms with Gasteiger partial charge in [0.05, 0.1) is 44.0 Å². The highest BCUT2D eigenvalue weighted by atomic mass is 16.6. The van der Waals surface area contributed by atoms with Crippen LogP contribution in [0, 0.1) is 5.92 Å². The number of rotatable bonds is 16. The molecule has 1 aliphatic carbocycles. The van der Waals surface area contributed by atoms with Gasteiger partial charge in [-0.1, -0.05) is 42.5 Å². The third kappa shape index (κ3) is 8.37. The molecule has 1 atom stereocenters. The van der Waals surface area contributed by atoms with E-state index in [-0.39, 0.29) is 29.4 Å². The number of methoxy groups -OCH3 is 1. The van der Waals surface area contributed by atoms with Gasteiger partial charge >= 0.3 is 11.7 Å². The first kappa shape index (κ1) is 31.1. The normalized spacial score (nSPS) is 13.5. The second-order valence-electron chi connectivity index (χ2n) is 10.5. The molecule has 10 heteroatoms. The van der Waals surface area contributed by atoms with Crippen molar-refractivity contribution in [2.24, 2.45) is 5.92 Å². The number of carbonyl (C=O) groups is 1. The predicted molar refractivity (Wildman–Crippen MR) is 164 cm³/mol. The van der Waals surface area contributed by atoms with Crippen molar-refractivity contribution in [2.45, 2.75) is 25.4 Å². The van der Waals surface area contributed by atoms with E-state index < -0.39 is 17.6 Å². The van der Waals surface area contributed by atoms with Crippen LogP contribution in [0.15, 0.2) is 82.0 Å². The number of hydrogen-bond acceptors (Lipinski definition) is 9. The number of carbonyl (C=O) groups excluding carboxylic acids is 1. The van der Waals surface area contributed by atoms with E-state index in [9.17, 15) is 14.7 Å². The molecular weight excluding hydrogens is 566 g/mol. The van der Waals surface area contributed by atoms with E-state index in [1.54, 1.807) is 43.5 Å². The molecule has 1 unspecified atom stereocenters. The number of anilines is 1. The van der Waals surface area contributed by atoms with Gasteiger partial charge in [-0.05, 0) is 54.2 Å². The van der Waals surface area contributed by atoms with Gasteiger partial charge in [0.25, 0.3) is 0 Å². The summed E-state index contributed by atoms with van der Waals surface area (Å²) in [7, 11) is 1.62. The highest BCUT2D eigenvalue weighted by Gasteiger charge is 2.38. The van der Waals surface area contributed by atoms with E-state index in [1.807, 2.05) is 36.4 Å². The summed E-state index contributed by atoms with van der Waals surface area (Å²) in [5, 5.41) is 14.5. The zero-order valence-corrected chi connectivity index (χ0v) is 24.7. The zero-order valence-electron chi connectivity index (χ0n) is 24.7. The second-order valence-corrected chi connectivity index (χ2v) is 10.5. The van der Waals surface area contributed by atoms with Gasteiger partial charge in [-0.2, -0.15) is 0 Å². The quantitative estimate of drug-likeness (QED) is 0.120. The van der Waals surface area contributed by atoms with Gasteiger partial charge in [-0.25, -0.2) is 9.59 Å². The minimum Gasteiger partial charge on any atom is -0.507 e. The summed E-state index contributed by atoms with van der Waals surface area (Å²) in [6.07, 6.45) is 1.23. The van der Waals surface area contributed by atoms with Crippen LogP contribution in [0.3, 0.4) is 0 Å². The highest BCUT2D eigenvalue weighted by Crippen LogP contribution is 2.49. The van der Waals surface area contributed by atoms with E-state index in [1.165, 1.54) is 0 Å². The topological polar surface area (TPSA) is 126 Å². The smallest absolute Gasteiger partial charge is 0.411 e. The SMILES string of the molecule is COCCOCCOCCOc1ccc2c(O)c(C(c3cccc(NC(=O)OCc4ccccc4)c3)C3CC3)c(=O)oc2c1. The summed E-state index contributed by atoms with van der Waals surface area (Å²) in [6, 6.07) is 21.7. The van der Waals surface area contributed by atoms with Gasteiger partial charge in [0, 0.05) is 24.8 Å². The van der Waals surface area contributed by atoms with Crippen molar-refractivity contribution in [1.29, 1.82) is 0 Å². The van der Waals surface area contributed by atoms with Crippen LogP contribution in [0.4, 0.5) is 10.5 Å². The van der Waals surface area contributed by atoms with Crippen LogP contribution in [0.1, 0.15) is 35.4 Å². The lowest BCUT2D eigenvalue weighted by atomic mass is 9.86. The Morgan fingerprint density at radius 3 is 2.43 bits per heavy atom. The van der Waals surface area contributed by atoms with Crippen LogP contribution in [-0.2, 0) is 25.6 Å². The van der Waals surface area contributed by atoms with Gasteiger partial charge < -0.3 is 33.2 Å². The van der Waals surface area contributed by atoms with Crippen LogP contribution in [0.2, 0.25) is 0 Å². The minimum atomic E-state index is -0.610. The number of aromatic hydroxyl groups is 1. The molecule has 0 aliphatic heterocycles. The molecule has 1 aromatic heterocycles. The average molecular weight is 604 g/mol. The lowest BCUT2D eigenvalue weighted by molar-refractivity contribution is 0.0180. The standard InChI is InChI=1S/C34H37NO9/c1-39-14-15-40-16-17-41-18-19-42-27-12-13-28-29(21-27)44-33(37)31(32(28)36)30(24-10-11-24)25-8-5-9-26(20-25)35-34(38)43-22-23-6-3-2-4-7-23/h2-9,12-13,20-21,24,30,36H,10-11,14-19,22H2,1H3,(H,35,38). The van der Waals surface area contributed by atoms with Gasteiger partial charge in [-0.3, -0.25) is 5.32 Å². The molecule has 2 N–H and O–H groups in total. The monoisotopic (exact) mass is 603 g/mol. The lowest BCUT2D eigenvalue weighted by Crippen LogP contribution is -2.17. The fraction of sp³-hybridized carbons (Fsp3) is 0.353. The maximum absolute atomic E-state index is 13.3. The minimum absolute atomic E-state index is 0.114. The zero-order chi connectivity index (χ0) is 30.7. The van der Waals surface area contributed by atoms with E-state index in [0.717, 1.165) is 24.0 Å². The van der Waals surface area contributed by atoms with E-state index in [4.69, 9.17) is 28.1 Å². The van der Waals surface area contributed by atoms with E-state index >= 15 is 0 Å². The van der Waals surface area contributed by atoms with Crippen molar-refractivity contribution in [2.75, 3.05) is 52.1 Å². The molecule has 0 spiro atoms. The van der Waals surface area contributed by atoms with Crippen LogP contribution < -0.4 is 15.7 Å². The largest absolute Gasteiger partial charge is 0.507 e. The Morgan fingerprint density at radius 1 is 0.932 bits per heavy atom.